The molecule has 0 spiro atoms. The number of amidine groups is 1. The third kappa shape index (κ3) is 1.63. The number of halogens is 3. The molecule has 0 radical (unpaired) electrons. The van der Waals surface area contributed by atoms with E-state index in [2.05, 4.69) is 10.3 Å². The minimum Gasteiger partial charge on any atom is -0.409 e. The predicted molar refractivity (Wildman–Crippen MR) is 40.8 cm³/mol. The normalized spacial score (nSPS) is 13.3. The molecule has 0 aliphatic heterocycles. The number of nitrogens with zero attached hydrogens (tertiary/aromatic N) is 3. The molecule has 0 aliphatic carbocycles. The molecule has 0 atom stereocenters. The summed E-state index contributed by atoms with van der Waals surface area (Å²) in [5.74, 6) is -0.405. The summed E-state index contributed by atoms with van der Waals surface area (Å²) in [6.45, 7) is 1.17. The molecule has 78 valence electrons. The van der Waals surface area contributed by atoms with Gasteiger partial charge in [0.25, 0.3) is 0 Å². The molecule has 0 saturated heterocycles. The Kier molecular flexibility index (Phi) is 2.37. The fraction of sp³-hybridized carbons (Fsp3) is 0.333. The van der Waals surface area contributed by atoms with Crippen molar-refractivity contribution in [1.82, 2.24) is 9.78 Å². The van der Waals surface area contributed by atoms with Crippen molar-refractivity contribution in [2.24, 2.45) is 10.9 Å². The number of hydrogen-bond donors (Lipinski definition) is 2. The van der Waals surface area contributed by atoms with Crippen LogP contribution in [-0.2, 0) is 6.30 Å². The van der Waals surface area contributed by atoms with E-state index in [4.69, 9.17) is 10.9 Å². The lowest BCUT2D eigenvalue weighted by Crippen LogP contribution is -2.21. The fourth-order valence-corrected chi connectivity index (χ4v) is 0.971. The standard InChI is InChI=1S/C6H7F3N4O/c1-3-4(5(10)12-14)2-11-13(3)6(7,8)9/h2,14H,1H3,(H2,10,12). The molecule has 0 amide bonds. The van der Waals surface area contributed by atoms with Gasteiger partial charge in [0.05, 0.1) is 17.5 Å². The van der Waals surface area contributed by atoms with Crippen molar-refractivity contribution in [3.63, 3.8) is 0 Å². The third-order valence-electron chi connectivity index (χ3n) is 1.63. The lowest BCUT2D eigenvalue weighted by atomic mass is 10.2. The zero-order chi connectivity index (χ0) is 10.9. The third-order valence-corrected chi connectivity index (χ3v) is 1.63. The summed E-state index contributed by atoms with van der Waals surface area (Å²) in [5.41, 5.74) is 4.85. The first-order valence-electron chi connectivity index (χ1n) is 3.47. The number of oxime groups is 1. The smallest absolute Gasteiger partial charge is 0.409 e. The minimum atomic E-state index is -4.60. The van der Waals surface area contributed by atoms with Gasteiger partial charge in [-0.05, 0) is 6.92 Å². The van der Waals surface area contributed by atoms with Gasteiger partial charge in [0.1, 0.15) is 0 Å². The van der Waals surface area contributed by atoms with Crippen LogP contribution in [0.4, 0.5) is 13.2 Å². The highest BCUT2D eigenvalue weighted by Crippen LogP contribution is 2.24. The number of hydrogen-bond acceptors (Lipinski definition) is 3. The van der Waals surface area contributed by atoms with Gasteiger partial charge in [0, 0.05) is 0 Å². The van der Waals surface area contributed by atoms with Gasteiger partial charge in [-0.15, -0.1) is 13.2 Å². The minimum absolute atomic E-state index is 0.0511. The molecule has 1 heterocycles. The van der Waals surface area contributed by atoms with Crippen LogP contribution in [0.1, 0.15) is 11.3 Å². The van der Waals surface area contributed by atoms with Crippen LogP contribution in [0, 0.1) is 6.92 Å². The maximum atomic E-state index is 12.2. The summed E-state index contributed by atoms with van der Waals surface area (Å²) >= 11 is 0. The van der Waals surface area contributed by atoms with Crippen LogP contribution in [0.15, 0.2) is 11.4 Å². The Balaban J connectivity index is 3.22. The first-order valence-corrected chi connectivity index (χ1v) is 3.47. The van der Waals surface area contributed by atoms with Crippen LogP contribution < -0.4 is 5.73 Å². The second kappa shape index (κ2) is 3.20. The highest BCUT2D eigenvalue weighted by molar-refractivity contribution is 5.97. The summed E-state index contributed by atoms with van der Waals surface area (Å²) in [6.07, 6.45) is -3.71. The van der Waals surface area contributed by atoms with Crippen LogP contribution in [-0.4, -0.2) is 20.8 Å². The molecular weight excluding hydrogens is 201 g/mol. The predicted octanol–water partition coefficient (Wildman–Crippen LogP) is 0.762. The monoisotopic (exact) mass is 208 g/mol. The Morgan fingerprint density at radius 3 is 2.57 bits per heavy atom. The number of alkyl halides is 3. The molecule has 14 heavy (non-hydrogen) atoms. The van der Waals surface area contributed by atoms with Gasteiger partial charge in [0.2, 0.25) is 0 Å². The fourth-order valence-electron chi connectivity index (χ4n) is 0.971. The molecule has 0 aliphatic rings. The lowest BCUT2D eigenvalue weighted by molar-refractivity contribution is -0.213. The van der Waals surface area contributed by atoms with E-state index in [1.54, 1.807) is 0 Å². The van der Waals surface area contributed by atoms with E-state index in [-0.39, 0.29) is 15.9 Å². The molecule has 1 rings (SSSR count). The highest BCUT2D eigenvalue weighted by atomic mass is 19.4. The van der Waals surface area contributed by atoms with E-state index in [9.17, 15) is 13.2 Å². The molecule has 0 fully saturated rings. The van der Waals surface area contributed by atoms with Crippen molar-refractivity contribution in [3.05, 3.63) is 17.5 Å². The summed E-state index contributed by atoms with van der Waals surface area (Å²) in [7, 11) is 0. The van der Waals surface area contributed by atoms with Gasteiger partial charge in [-0.1, -0.05) is 5.16 Å². The van der Waals surface area contributed by atoms with Gasteiger partial charge < -0.3 is 10.9 Å². The van der Waals surface area contributed by atoms with Gasteiger partial charge in [-0.2, -0.15) is 9.78 Å². The zero-order valence-electron chi connectivity index (χ0n) is 7.08. The van der Waals surface area contributed by atoms with Crippen molar-refractivity contribution >= 4 is 5.84 Å². The van der Waals surface area contributed by atoms with Crippen LogP contribution >= 0.6 is 0 Å². The summed E-state index contributed by atoms with van der Waals surface area (Å²) in [6, 6.07) is 0. The molecule has 1 aromatic heterocycles. The van der Waals surface area contributed by atoms with Crippen molar-refractivity contribution < 1.29 is 18.4 Å². The Labute approximate surface area is 76.6 Å². The molecular formula is C6H7F3N4O. The Bertz CT molecular complexity index is 368. The average Bonchev–Trinajstić information content (AvgIpc) is 2.45. The van der Waals surface area contributed by atoms with Crippen molar-refractivity contribution in [3.8, 4) is 0 Å². The Morgan fingerprint density at radius 2 is 2.21 bits per heavy atom. The molecule has 5 nitrogen and oxygen atoms in total. The number of aromatic nitrogens is 2. The summed E-state index contributed by atoms with van der Waals surface area (Å²) < 4.78 is 36.4. The first-order chi connectivity index (χ1) is 6.38. The molecule has 1 aromatic rings. The van der Waals surface area contributed by atoms with Crippen LogP contribution in [0.2, 0.25) is 0 Å². The van der Waals surface area contributed by atoms with Gasteiger partial charge in [-0.25, -0.2) is 0 Å². The maximum Gasteiger partial charge on any atom is 0.504 e. The first kappa shape index (κ1) is 10.4. The van der Waals surface area contributed by atoms with Gasteiger partial charge >= 0.3 is 6.30 Å². The highest BCUT2D eigenvalue weighted by Gasteiger charge is 2.34. The molecule has 0 saturated carbocycles. The van der Waals surface area contributed by atoms with Crippen LogP contribution in [0.25, 0.3) is 0 Å². The number of nitrogens with two attached hydrogens (primary N) is 1. The lowest BCUT2D eigenvalue weighted by Gasteiger charge is -2.07. The van der Waals surface area contributed by atoms with Crippen LogP contribution in [0.3, 0.4) is 0 Å². The molecule has 0 bridgehead atoms. The van der Waals surface area contributed by atoms with Crippen LogP contribution in [0.5, 0.6) is 0 Å². The zero-order valence-corrected chi connectivity index (χ0v) is 7.08. The topological polar surface area (TPSA) is 76.4 Å². The molecule has 0 aromatic carbocycles. The second-order valence-electron chi connectivity index (χ2n) is 2.51. The van der Waals surface area contributed by atoms with Gasteiger partial charge in [-0.3, -0.25) is 0 Å². The SMILES string of the molecule is Cc1c(/C(N)=N\O)cnn1C(F)(F)F. The van der Waals surface area contributed by atoms with Crippen molar-refractivity contribution in [2.45, 2.75) is 13.2 Å². The van der Waals surface area contributed by atoms with E-state index in [0.29, 0.717) is 0 Å². The summed E-state index contributed by atoms with van der Waals surface area (Å²) in [4.78, 5) is 0. The molecule has 0 unspecified atom stereocenters. The van der Waals surface area contributed by atoms with E-state index in [1.807, 2.05) is 0 Å². The Hall–Kier alpha value is -1.73. The average molecular weight is 208 g/mol. The summed E-state index contributed by atoms with van der Waals surface area (Å²) in [5, 5.41) is 13.9. The second-order valence-corrected chi connectivity index (χ2v) is 2.51. The van der Waals surface area contributed by atoms with E-state index < -0.39 is 12.1 Å². The maximum absolute atomic E-state index is 12.2. The molecule has 3 N–H and O–H groups in total. The van der Waals surface area contributed by atoms with E-state index in [1.165, 1.54) is 6.92 Å². The van der Waals surface area contributed by atoms with E-state index in [0.717, 1.165) is 6.20 Å². The van der Waals surface area contributed by atoms with E-state index >= 15 is 0 Å². The van der Waals surface area contributed by atoms with Crippen molar-refractivity contribution in [2.75, 3.05) is 0 Å². The Morgan fingerprint density at radius 1 is 1.64 bits per heavy atom. The quantitative estimate of drug-likeness (QED) is 0.309. The van der Waals surface area contributed by atoms with Gasteiger partial charge in [0.15, 0.2) is 5.84 Å². The van der Waals surface area contributed by atoms with Crippen molar-refractivity contribution in [1.29, 1.82) is 0 Å². The molecule has 8 heteroatoms. The largest absolute Gasteiger partial charge is 0.504 e. The number of rotatable bonds is 1.